The number of allylic oxidation sites excluding steroid dienone is 1. The van der Waals surface area contributed by atoms with Crippen molar-refractivity contribution in [3.63, 3.8) is 0 Å². The van der Waals surface area contributed by atoms with Crippen molar-refractivity contribution in [2.75, 3.05) is 0 Å². The maximum Gasteiger partial charge on any atom is 0.00959 e. The fraction of sp³-hybridized carbons (Fsp3) is 0.846. The van der Waals surface area contributed by atoms with Crippen molar-refractivity contribution >= 4 is 0 Å². The van der Waals surface area contributed by atoms with Crippen LogP contribution in [0.2, 0.25) is 0 Å². The molecule has 3 aliphatic rings. The molecule has 13 heavy (non-hydrogen) atoms. The molecule has 0 heterocycles. The van der Waals surface area contributed by atoms with Gasteiger partial charge in [-0.1, -0.05) is 39.8 Å². The second-order valence-electron chi connectivity index (χ2n) is 6.30. The highest BCUT2D eigenvalue weighted by molar-refractivity contribution is 5.70. The summed E-state index contributed by atoms with van der Waals surface area (Å²) in [7, 11) is 0. The SMILES string of the molecule is C=C(C)C12C3(C)CC31C2(C)C(C)C. The van der Waals surface area contributed by atoms with Gasteiger partial charge >= 0.3 is 0 Å². The monoisotopic (exact) mass is 176 g/mol. The molecule has 0 aromatic rings. The molecule has 0 nitrogen and oxygen atoms in total. The molecule has 0 aliphatic heterocycles. The molecule has 3 aliphatic carbocycles. The van der Waals surface area contributed by atoms with Crippen LogP contribution in [0.5, 0.6) is 0 Å². The lowest BCUT2D eigenvalue weighted by Gasteiger charge is -2.31. The van der Waals surface area contributed by atoms with Gasteiger partial charge in [0.1, 0.15) is 0 Å². The van der Waals surface area contributed by atoms with E-state index in [0.29, 0.717) is 21.7 Å². The van der Waals surface area contributed by atoms with Crippen LogP contribution in [0.1, 0.15) is 41.0 Å². The third-order valence-electron chi connectivity index (χ3n) is 6.24. The van der Waals surface area contributed by atoms with E-state index in [1.54, 1.807) is 0 Å². The average molecular weight is 176 g/mol. The zero-order chi connectivity index (χ0) is 9.86. The molecule has 72 valence electrons. The first-order valence-corrected chi connectivity index (χ1v) is 5.50. The van der Waals surface area contributed by atoms with Crippen LogP contribution in [0.15, 0.2) is 12.2 Å². The summed E-state index contributed by atoms with van der Waals surface area (Å²) in [4.78, 5) is 0. The zero-order valence-corrected chi connectivity index (χ0v) is 9.49. The van der Waals surface area contributed by atoms with Crippen LogP contribution in [0.25, 0.3) is 0 Å². The quantitative estimate of drug-likeness (QED) is 0.563. The fourth-order valence-corrected chi connectivity index (χ4v) is 5.81. The highest BCUT2D eigenvalue weighted by atomic mass is 15.2. The molecule has 4 unspecified atom stereocenters. The third-order valence-corrected chi connectivity index (χ3v) is 6.24. The van der Waals surface area contributed by atoms with E-state index < -0.39 is 0 Å². The van der Waals surface area contributed by atoms with E-state index in [1.807, 2.05) is 0 Å². The molecule has 0 radical (unpaired) electrons. The van der Waals surface area contributed by atoms with Gasteiger partial charge in [0.2, 0.25) is 0 Å². The Labute approximate surface area is 81.4 Å². The molecule has 0 aromatic heterocycles. The Kier molecular flexibility index (Phi) is 0.891. The largest absolute Gasteiger partial charge is 0.0995 e. The van der Waals surface area contributed by atoms with Gasteiger partial charge in [-0.2, -0.15) is 0 Å². The van der Waals surface area contributed by atoms with E-state index in [0.717, 1.165) is 5.92 Å². The van der Waals surface area contributed by atoms with Gasteiger partial charge < -0.3 is 0 Å². The average Bonchev–Trinajstić information content (AvgIpc) is 2.78. The summed E-state index contributed by atoms with van der Waals surface area (Å²) < 4.78 is 0. The molecule has 0 saturated heterocycles. The smallest absolute Gasteiger partial charge is 0.00959 e. The lowest BCUT2D eigenvalue weighted by molar-refractivity contribution is 0.201. The highest BCUT2D eigenvalue weighted by Crippen LogP contribution is 3.22. The van der Waals surface area contributed by atoms with Crippen LogP contribution < -0.4 is 0 Å². The fourth-order valence-electron chi connectivity index (χ4n) is 5.81. The van der Waals surface area contributed by atoms with Gasteiger partial charge in [0.15, 0.2) is 0 Å². The van der Waals surface area contributed by atoms with E-state index in [1.165, 1.54) is 12.0 Å². The van der Waals surface area contributed by atoms with Gasteiger partial charge in [0.05, 0.1) is 0 Å². The lowest BCUT2D eigenvalue weighted by atomic mass is 9.72. The van der Waals surface area contributed by atoms with Crippen molar-refractivity contribution in [3.05, 3.63) is 12.2 Å². The van der Waals surface area contributed by atoms with E-state index in [2.05, 4.69) is 41.2 Å². The molecule has 4 atom stereocenters. The van der Waals surface area contributed by atoms with Crippen molar-refractivity contribution in [2.45, 2.75) is 41.0 Å². The molecule has 3 rings (SSSR count). The Bertz CT molecular complexity index is 340. The first-order chi connectivity index (χ1) is 5.84. The molecular formula is C13H20. The molecule has 1 spiro atoms. The zero-order valence-electron chi connectivity index (χ0n) is 9.49. The Morgan fingerprint density at radius 1 is 1.31 bits per heavy atom. The van der Waals surface area contributed by atoms with E-state index in [9.17, 15) is 0 Å². The van der Waals surface area contributed by atoms with Crippen molar-refractivity contribution in [3.8, 4) is 0 Å². The predicted molar refractivity (Wildman–Crippen MR) is 55.3 cm³/mol. The first kappa shape index (κ1) is 8.08. The van der Waals surface area contributed by atoms with Crippen molar-refractivity contribution in [1.29, 1.82) is 0 Å². The number of rotatable bonds is 2. The van der Waals surface area contributed by atoms with Crippen molar-refractivity contribution in [1.82, 2.24) is 0 Å². The van der Waals surface area contributed by atoms with E-state index in [4.69, 9.17) is 0 Å². The Hall–Kier alpha value is -0.260. The number of hydrogen-bond donors (Lipinski definition) is 0. The van der Waals surface area contributed by atoms with Crippen LogP contribution in [0.3, 0.4) is 0 Å². The van der Waals surface area contributed by atoms with Crippen molar-refractivity contribution in [2.24, 2.45) is 27.6 Å². The second-order valence-corrected chi connectivity index (χ2v) is 6.30. The van der Waals surface area contributed by atoms with Gasteiger partial charge in [0, 0.05) is 5.41 Å². The van der Waals surface area contributed by atoms with Gasteiger partial charge in [-0.3, -0.25) is 0 Å². The summed E-state index contributed by atoms with van der Waals surface area (Å²) in [6, 6.07) is 0. The summed E-state index contributed by atoms with van der Waals surface area (Å²) in [5.74, 6) is 0.819. The van der Waals surface area contributed by atoms with Crippen LogP contribution in [-0.2, 0) is 0 Å². The summed E-state index contributed by atoms with van der Waals surface area (Å²) >= 11 is 0. The molecule has 0 amide bonds. The van der Waals surface area contributed by atoms with Gasteiger partial charge in [-0.15, -0.1) is 0 Å². The molecule has 3 saturated carbocycles. The van der Waals surface area contributed by atoms with Crippen LogP contribution in [0.4, 0.5) is 0 Å². The lowest BCUT2D eigenvalue weighted by Crippen LogP contribution is -2.26. The first-order valence-electron chi connectivity index (χ1n) is 5.50. The Balaban J connectivity index is 2.06. The van der Waals surface area contributed by atoms with Crippen LogP contribution >= 0.6 is 0 Å². The normalized spacial score (nSPS) is 65.7. The number of hydrogen-bond acceptors (Lipinski definition) is 0. The Morgan fingerprint density at radius 3 is 1.92 bits per heavy atom. The topological polar surface area (TPSA) is 0 Å². The van der Waals surface area contributed by atoms with Gasteiger partial charge in [-0.25, -0.2) is 0 Å². The molecule has 0 N–H and O–H groups in total. The second kappa shape index (κ2) is 1.43. The molecule has 0 heteroatoms. The van der Waals surface area contributed by atoms with E-state index in [-0.39, 0.29) is 0 Å². The van der Waals surface area contributed by atoms with Gasteiger partial charge in [-0.05, 0) is 35.5 Å². The van der Waals surface area contributed by atoms with Crippen LogP contribution in [-0.4, -0.2) is 0 Å². The summed E-state index contributed by atoms with van der Waals surface area (Å²) in [6.45, 7) is 16.2. The maximum atomic E-state index is 4.23. The molecule has 0 bridgehead atoms. The third kappa shape index (κ3) is 0.346. The number of fused-ring (bicyclic) bond motifs is 1. The summed E-state index contributed by atoms with van der Waals surface area (Å²) in [6.07, 6.45) is 1.47. The molecule has 3 fully saturated rings. The van der Waals surface area contributed by atoms with E-state index >= 15 is 0 Å². The maximum absolute atomic E-state index is 4.23. The predicted octanol–water partition coefficient (Wildman–Crippen LogP) is 3.63. The minimum absolute atomic E-state index is 0.571. The standard InChI is InChI=1S/C13H20/c1-8(2)11(6)12-7-10(12,5)13(11,12)9(3)4/h8H,3,7H2,1-2,4-6H3. The minimum atomic E-state index is 0.571. The summed E-state index contributed by atoms with van der Waals surface area (Å²) in [5, 5.41) is 0. The molecule has 0 aromatic carbocycles. The molecular weight excluding hydrogens is 156 g/mol. The minimum Gasteiger partial charge on any atom is -0.0995 e. The summed E-state index contributed by atoms with van der Waals surface area (Å²) in [5.41, 5.74) is 4.03. The van der Waals surface area contributed by atoms with Crippen LogP contribution in [0, 0.1) is 27.6 Å². The highest BCUT2D eigenvalue weighted by Gasteiger charge is 3.18. The Morgan fingerprint density at radius 2 is 1.85 bits per heavy atom. The van der Waals surface area contributed by atoms with Crippen molar-refractivity contribution < 1.29 is 0 Å². The van der Waals surface area contributed by atoms with Gasteiger partial charge in [0.25, 0.3) is 0 Å².